The van der Waals surface area contributed by atoms with Crippen molar-refractivity contribution in [3.05, 3.63) is 23.4 Å². The summed E-state index contributed by atoms with van der Waals surface area (Å²) in [5.41, 5.74) is 0.338. The minimum absolute atomic E-state index is 0.180. The maximum absolute atomic E-state index is 12.0. The summed E-state index contributed by atoms with van der Waals surface area (Å²) in [4.78, 5) is 3.76. The van der Waals surface area contributed by atoms with Crippen LogP contribution in [0.4, 0.5) is 13.2 Å². The van der Waals surface area contributed by atoms with Gasteiger partial charge in [-0.2, -0.15) is 13.2 Å². The zero-order valence-corrected chi connectivity index (χ0v) is 8.63. The van der Waals surface area contributed by atoms with E-state index < -0.39 is 12.6 Å². The van der Waals surface area contributed by atoms with Gasteiger partial charge in [-0.05, 0) is 0 Å². The molecule has 16 heavy (non-hydrogen) atoms. The Kier molecular flexibility index (Phi) is 2.71. The largest absolute Gasteiger partial charge is 0.389 e. The molecule has 0 spiro atoms. The molecule has 0 aliphatic carbocycles. The van der Waals surface area contributed by atoms with Gasteiger partial charge in [0.2, 0.25) is 0 Å². The van der Waals surface area contributed by atoms with Crippen LogP contribution < -0.4 is 0 Å². The fourth-order valence-corrected chi connectivity index (χ4v) is 1.53. The Morgan fingerprint density at radius 2 is 2.00 bits per heavy atom. The summed E-state index contributed by atoms with van der Waals surface area (Å²) in [5.74, 6) is 0.180. The molecule has 0 aromatic carbocycles. The van der Waals surface area contributed by atoms with Crippen molar-refractivity contribution in [3.8, 4) is 0 Å². The standard InChI is InChI=1S/C8H6ClF3N4/c9-5-3-13-4-7-15-14-6(16(5)7)1-2-8(10,11)12/h3-4H,1-2H2. The minimum Gasteiger partial charge on any atom is -0.266 e. The Morgan fingerprint density at radius 1 is 1.25 bits per heavy atom. The van der Waals surface area contributed by atoms with E-state index in [0.717, 1.165) is 0 Å². The molecular weight excluding hydrogens is 245 g/mol. The number of aromatic nitrogens is 4. The molecule has 8 heteroatoms. The summed E-state index contributed by atoms with van der Waals surface area (Å²) in [6.45, 7) is 0. The first kappa shape index (κ1) is 11.1. The number of hydrogen-bond acceptors (Lipinski definition) is 3. The molecule has 2 rings (SSSR count). The van der Waals surface area contributed by atoms with Gasteiger partial charge in [-0.3, -0.25) is 9.38 Å². The number of alkyl halides is 3. The Balaban J connectivity index is 2.32. The van der Waals surface area contributed by atoms with E-state index in [1.54, 1.807) is 0 Å². The van der Waals surface area contributed by atoms with Crippen LogP contribution in [0.3, 0.4) is 0 Å². The Bertz CT molecular complexity index is 507. The van der Waals surface area contributed by atoms with Crippen LogP contribution in [0.15, 0.2) is 12.4 Å². The highest BCUT2D eigenvalue weighted by molar-refractivity contribution is 6.29. The van der Waals surface area contributed by atoms with Crippen LogP contribution in [0.1, 0.15) is 12.2 Å². The van der Waals surface area contributed by atoms with Gasteiger partial charge in [0.1, 0.15) is 11.0 Å². The first-order valence-electron chi connectivity index (χ1n) is 4.37. The minimum atomic E-state index is -4.22. The second-order valence-corrected chi connectivity index (χ2v) is 3.54. The van der Waals surface area contributed by atoms with Crippen molar-refractivity contribution < 1.29 is 13.2 Å². The summed E-state index contributed by atoms with van der Waals surface area (Å²) >= 11 is 5.79. The fourth-order valence-electron chi connectivity index (χ4n) is 1.29. The topological polar surface area (TPSA) is 43.1 Å². The van der Waals surface area contributed by atoms with Crippen molar-refractivity contribution in [1.29, 1.82) is 0 Å². The quantitative estimate of drug-likeness (QED) is 0.821. The van der Waals surface area contributed by atoms with Crippen LogP contribution in [0.25, 0.3) is 5.65 Å². The average molecular weight is 251 g/mol. The van der Waals surface area contributed by atoms with Gasteiger partial charge in [-0.25, -0.2) is 0 Å². The molecule has 0 N–H and O–H groups in total. The normalized spacial score (nSPS) is 12.2. The zero-order valence-electron chi connectivity index (χ0n) is 7.87. The lowest BCUT2D eigenvalue weighted by atomic mass is 10.3. The van der Waals surface area contributed by atoms with Crippen LogP contribution in [0, 0.1) is 0 Å². The van der Waals surface area contributed by atoms with E-state index in [-0.39, 0.29) is 17.4 Å². The average Bonchev–Trinajstić information content (AvgIpc) is 2.58. The third-order valence-corrected chi connectivity index (χ3v) is 2.24. The van der Waals surface area contributed by atoms with Crippen molar-refractivity contribution in [2.75, 3.05) is 0 Å². The summed E-state index contributed by atoms with van der Waals surface area (Å²) in [6, 6.07) is 0. The second kappa shape index (κ2) is 3.89. The molecule has 0 unspecified atom stereocenters. The Hall–Kier alpha value is -1.37. The molecule has 0 aliphatic heterocycles. The van der Waals surface area contributed by atoms with E-state index in [4.69, 9.17) is 11.6 Å². The third-order valence-electron chi connectivity index (χ3n) is 1.97. The number of halogens is 4. The predicted molar refractivity (Wildman–Crippen MR) is 50.2 cm³/mol. The van der Waals surface area contributed by atoms with Crippen molar-refractivity contribution in [2.45, 2.75) is 19.0 Å². The van der Waals surface area contributed by atoms with Gasteiger partial charge in [0.25, 0.3) is 0 Å². The van der Waals surface area contributed by atoms with Gasteiger partial charge >= 0.3 is 6.18 Å². The van der Waals surface area contributed by atoms with Crippen LogP contribution in [-0.4, -0.2) is 25.8 Å². The third kappa shape index (κ3) is 2.24. The monoisotopic (exact) mass is 250 g/mol. The van der Waals surface area contributed by atoms with Gasteiger partial charge < -0.3 is 0 Å². The predicted octanol–water partition coefficient (Wildman–Crippen LogP) is 2.27. The molecule has 2 heterocycles. The summed E-state index contributed by atoms with van der Waals surface area (Å²) in [6.07, 6.45) is -2.71. The molecule has 2 aromatic heterocycles. The van der Waals surface area contributed by atoms with E-state index in [1.807, 2.05) is 0 Å². The number of aryl methyl sites for hydroxylation is 1. The van der Waals surface area contributed by atoms with Crippen LogP contribution in [-0.2, 0) is 6.42 Å². The number of hydrogen-bond donors (Lipinski definition) is 0. The van der Waals surface area contributed by atoms with Gasteiger partial charge in [0.15, 0.2) is 5.65 Å². The lowest BCUT2D eigenvalue weighted by Gasteiger charge is -2.05. The second-order valence-electron chi connectivity index (χ2n) is 3.16. The fraction of sp³-hybridized carbons (Fsp3) is 0.375. The first-order chi connectivity index (χ1) is 7.47. The highest BCUT2D eigenvalue weighted by Gasteiger charge is 2.27. The number of nitrogens with zero attached hydrogens (tertiary/aromatic N) is 4. The molecule has 0 atom stereocenters. The lowest BCUT2D eigenvalue weighted by Crippen LogP contribution is -2.10. The van der Waals surface area contributed by atoms with Crippen molar-refractivity contribution in [3.63, 3.8) is 0 Å². The van der Waals surface area contributed by atoms with Crippen LogP contribution in [0.5, 0.6) is 0 Å². The molecular formula is C8H6ClF3N4. The summed E-state index contributed by atoms with van der Waals surface area (Å²) in [5, 5.41) is 7.52. The Labute approximate surface area is 93.1 Å². The molecule has 2 aromatic rings. The lowest BCUT2D eigenvalue weighted by molar-refractivity contribution is -0.134. The van der Waals surface area contributed by atoms with Crippen molar-refractivity contribution in [1.82, 2.24) is 19.6 Å². The van der Waals surface area contributed by atoms with E-state index in [1.165, 1.54) is 16.8 Å². The van der Waals surface area contributed by atoms with E-state index in [2.05, 4.69) is 15.2 Å². The molecule has 0 amide bonds. The molecule has 4 nitrogen and oxygen atoms in total. The van der Waals surface area contributed by atoms with Crippen LogP contribution >= 0.6 is 11.6 Å². The summed E-state index contributed by atoms with van der Waals surface area (Å²) in [7, 11) is 0. The molecule has 0 bridgehead atoms. The SMILES string of the molecule is FC(F)(F)CCc1nnc2cncc(Cl)n12. The van der Waals surface area contributed by atoms with E-state index in [0.29, 0.717) is 5.65 Å². The molecule has 0 saturated heterocycles. The van der Waals surface area contributed by atoms with Gasteiger partial charge in [-0.1, -0.05) is 11.6 Å². The Morgan fingerprint density at radius 3 is 2.69 bits per heavy atom. The maximum atomic E-state index is 12.0. The van der Waals surface area contributed by atoms with Gasteiger partial charge in [0, 0.05) is 6.42 Å². The van der Waals surface area contributed by atoms with Crippen LogP contribution in [0.2, 0.25) is 5.15 Å². The maximum Gasteiger partial charge on any atom is 0.389 e. The molecule has 0 aliphatic rings. The van der Waals surface area contributed by atoms with E-state index in [9.17, 15) is 13.2 Å². The van der Waals surface area contributed by atoms with Crippen molar-refractivity contribution >= 4 is 17.2 Å². The first-order valence-corrected chi connectivity index (χ1v) is 4.75. The summed E-state index contributed by atoms with van der Waals surface area (Å²) < 4.78 is 37.5. The molecule has 0 saturated carbocycles. The van der Waals surface area contributed by atoms with Gasteiger partial charge in [-0.15, -0.1) is 10.2 Å². The highest BCUT2D eigenvalue weighted by Crippen LogP contribution is 2.22. The molecule has 0 radical (unpaired) electrons. The number of fused-ring (bicyclic) bond motifs is 1. The van der Waals surface area contributed by atoms with Gasteiger partial charge in [0.05, 0.1) is 18.8 Å². The smallest absolute Gasteiger partial charge is 0.266 e. The highest BCUT2D eigenvalue weighted by atomic mass is 35.5. The molecule has 86 valence electrons. The number of rotatable bonds is 2. The zero-order chi connectivity index (χ0) is 11.8. The molecule has 0 fully saturated rings. The van der Waals surface area contributed by atoms with Crippen molar-refractivity contribution in [2.24, 2.45) is 0 Å². The van der Waals surface area contributed by atoms with E-state index >= 15 is 0 Å².